The van der Waals surface area contributed by atoms with Crippen LogP contribution in [0, 0.1) is 0 Å². The van der Waals surface area contributed by atoms with Gasteiger partial charge in [-0.3, -0.25) is 19.5 Å². The number of carbonyl (C=O) groups is 2. The van der Waals surface area contributed by atoms with Crippen molar-refractivity contribution in [1.82, 2.24) is 14.8 Å². The monoisotopic (exact) mass is 378 g/mol. The zero-order chi connectivity index (χ0) is 19.3. The van der Waals surface area contributed by atoms with Gasteiger partial charge >= 0.3 is 0 Å². The van der Waals surface area contributed by atoms with E-state index < -0.39 is 0 Å². The smallest absolute Gasteiger partial charge is 0.227 e. The van der Waals surface area contributed by atoms with Gasteiger partial charge in [-0.25, -0.2) is 0 Å². The summed E-state index contributed by atoms with van der Waals surface area (Å²) < 4.78 is 0. The summed E-state index contributed by atoms with van der Waals surface area (Å²) in [4.78, 5) is 34.7. The number of carbonyl (C=O) groups excluding carboxylic acids is 2. The molecule has 0 N–H and O–H groups in total. The molecule has 0 radical (unpaired) electrons. The number of aromatic nitrogens is 1. The van der Waals surface area contributed by atoms with Crippen LogP contribution in [0.15, 0.2) is 48.8 Å². The van der Waals surface area contributed by atoms with Crippen molar-refractivity contribution >= 4 is 17.5 Å². The molecule has 0 aliphatic carbocycles. The van der Waals surface area contributed by atoms with Crippen LogP contribution in [0.5, 0.6) is 0 Å². The molecular weight excluding hydrogens is 352 g/mol. The Morgan fingerprint density at radius 3 is 2.25 bits per heavy atom. The standard InChI is InChI=1S/C22H26N4O2/c27-21-2-1-11-26(21)20-5-3-18(4-6-20)16-22(28)25-14-12-24(13-15-25)17-19-7-9-23-10-8-19/h3-10H,1-2,11-17H2. The molecular formula is C22H26N4O2. The number of benzene rings is 1. The molecule has 2 aliphatic rings. The number of anilines is 1. The molecule has 2 amide bonds. The van der Waals surface area contributed by atoms with Crippen LogP contribution in [0.3, 0.4) is 0 Å². The number of hydrogen-bond donors (Lipinski definition) is 0. The zero-order valence-electron chi connectivity index (χ0n) is 16.1. The number of piperazine rings is 1. The van der Waals surface area contributed by atoms with Crippen LogP contribution < -0.4 is 4.90 Å². The van der Waals surface area contributed by atoms with Gasteiger partial charge in [-0.1, -0.05) is 12.1 Å². The van der Waals surface area contributed by atoms with Gasteiger partial charge in [-0.2, -0.15) is 0 Å². The van der Waals surface area contributed by atoms with Gasteiger partial charge in [0.2, 0.25) is 11.8 Å². The third-order valence-corrected chi connectivity index (χ3v) is 5.56. The lowest BCUT2D eigenvalue weighted by Gasteiger charge is -2.34. The van der Waals surface area contributed by atoms with Crippen LogP contribution in [-0.4, -0.2) is 59.3 Å². The van der Waals surface area contributed by atoms with Crippen molar-refractivity contribution in [3.63, 3.8) is 0 Å². The summed E-state index contributed by atoms with van der Waals surface area (Å²) in [6, 6.07) is 11.9. The average molecular weight is 378 g/mol. The molecule has 0 unspecified atom stereocenters. The maximum absolute atomic E-state index is 12.7. The van der Waals surface area contributed by atoms with Gasteiger partial charge in [0.1, 0.15) is 0 Å². The molecule has 1 aromatic carbocycles. The quantitative estimate of drug-likeness (QED) is 0.800. The first-order valence-electron chi connectivity index (χ1n) is 9.97. The van der Waals surface area contributed by atoms with Gasteiger partial charge < -0.3 is 9.80 Å². The van der Waals surface area contributed by atoms with Crippen LogP contribution in [0.25, 0.3) is 0 Å². The highest BCUT2D eigenvalue weighted by Gasteiger charge is 2.23. The fourth-order valence-electron chi connectivity index (χ4n) is 3.90. The topological polar surface area (TPSA) is 56.8 Å². The van der Waals surface area contributed by atoms with Crippen molar-refractivity contribution in [3.8, 4) is 0 Å². The third-order valence-electron chi connectivity index (χ3n) is 5.56. The van der Waals surface area contributed by atoms with Crippen LogP contribution in [0.2, 0.25) is 0 Å². The number of hydrogen-bond acceptors (Lipinski definition) is 4. The highest BCUT2D eigenvalue weighted by atomic mass is 16.2. The molecule has 0 atom stereocenters. The molecule has 6 nitrogen and oxygen atoms in total. The lowest BCUT2D eigenvalue weighted by molar-refractivity contribution is -0.132. The molecule has 4 rings (SSSR count). The highest BCUT2D eigenvalue weighted by molar-refractivity contribution is 5.95. The fourth-order valence-corrected chi connectivity index (χ4v) is 3.90. The number of pyridine rings is 1. The van der Waals surface area contributed by atoms with E-state index in [0.717, 1.165) is 56.9 Å². The third kappa shape index (κ3) is 4.39. The lowest BCUT2D eigenvalue weighted by atomic mass is 10.1. The Balaban J connectivity index is 1.27. The molecule has 2 aromatic rings. The first-order chi connectivity index (χ1) is 13.7. The van der Waals surface area contributed by atoms with E-state index in [1.54, 1.807) is 0 Å². The summed E-state index contributed by atoms with van der Waals surface area (Å²) in [5.41, 5.74) is 3.19. The number of nitrogens with zero attached hydrogens (tertiary/aromatic N) is 4. The summed E-state index contributed by atoms with van der Waals surface area (Å²) in [5, 5.41) is 0. The second kappa shape index (κ2) is 8.52. The Kier molecular flexibility index (Phi) is 5.67. The van der Waals surface area contributed by atoms with E-state index >= 15 is 0 Å². The molecule has 2 fully saturated rings. The molecule has 6 heteroatoms. The van der Waals surface area contributed by atoms with Crippen molar-refractivity contribution in [3.05, 3.63) is 59.9 Å². The second-order valence-electron chi connectivity index (χ2n) is 7.50. The molecule has 2 saturated heterocycles. The van der Waals surface area contributed by atoms with E-state index in [0.29, 0.717) is 12.8 Å². The number of amides is 2. The minimum atomic E-state index is 0.175. The Bertz CT molecular complexity index is 814. The van der Waals surface area contributed by atoms with E-state index in [1.807, 2.05) is 58.6 Å². The summed E-state index contributed by atoms with van der Waals surface area (Å²) in [6.07, 6.45) is 5.61. The van der Waals surface area contributed by atoms with E-state index in [2.05, 4.69) is 9.88 Å². The van der Waals surface area contributed by atoms with Gasteiger partial charge in [0.15, 0.2) is 0 Å². The normalized spacial score (nSPS) is 17.9. The van der Waals surface area contributed by atoms with Gasteiger partial charge in [0, 0.05) is 63.8 Å². The van der Waals surface area contributed by atoms with E-state index in [1.165, 1.54) is 5.56 Å². The van der Waals surface area contributed by atoms with E-state index in [9.17, 15) is 9.59 Å². The van der Waals surface area contributed by atoms with E-state index in [-0.39, 0.29) is 11.8 Å². The summed E-state index contributed by atoms with van der Waals surface area (Å²) in [6.45, 7) is 5.02. The average Bonchev–Trinajstić information content (AvgIpc) is 3.16. The molecule has 0 saturated carbocycles. The van der Waals surface area contributed by atoms with Gasteiger partial charge in [-0.15, -0.1) is 0 Å². The lowest BCUT2D eigenvalue weighted by Crippen LogP contribution is -2.48. The Morgan fingerprint density at radius 1 is 0.893 bits per heavy atom. The Hall–Kier alpha value is -2.73. The van der Waals surface area contributed by atoms with Gasteiger partial charge in [-0.05, 0) is 41.8 Å². The van der Waals surface area contributed by atoms with Gasteiger partial charge in [0.05, 0.1) is 6.42 Å². The SMILES string of the molecule is O=C(Cc1ccc(N2CCCC2=O)cc1)N1CCN(Cc2ccncc2)CC1. The van der Waals surface area contributed by atoms with Crippen molar-refractivity contribution < 1.29 is 9.59 Å². The Labute approximate surface area is 165 Å². The molecule has 28 heavy (non-hydrogen) atoms. The fraction of sp³-hybridized carbons (Fsp3) is 0.409. The van der Waals surface area contributed by atoms with Crippen molar-refractivity contribution in [2.75, 3.05) is 37.6 Å². The summed E-state index contributed by atoms with van der Waals surface area (Å²) in [7, 11) is 0. The molecule has 2 aliphatic heterocycles. The van der Waals surface area contributed by atoms with Crippen LogP contribution in [0.1, 0.15) is 24.0 Å². The molecule has 3 heterocycles. The predicted octanol–water partition coefficient (Wildman–Crippen LogP) is 2.10. The van der Waals surface area contributed by atoms with Gasteiger partial charge in [0.25, 0.3) is 0 Å². The van der Waals surface area contributed by atoms with Crippen LogP contribution in [0.4, 0.5) is 5.69 Å². The van der Waals surface area contributed by atoms with Crippen molar-refractivity contribution in [1.29, 1.82) is 0 Å². The summed E-state index contributed by atoms with van der Waals surface area (Å²) in [5.74, 6) is 0.363. The highest BCUT2D eigenvalue weighted by Crippen LogP contribution is 2.22. The van der Waals surface area contributed by atoms with Crippen molar-refractivity contribution in [2.24, 2.45) is 0 Å². The van der Waals surface area contributed by atoms with Crippen LogP contribution in [-0.2, 0) is 22.6 Å². The first-order valence-corrected chi connectivity index (χ1v) is 9.97. The van der Waals surface area contributed by atoms with E-state index in [4.69, 9.17) is 0 Å². The Morgan fingerprint density at radius 2 is 1.61 bits per heavy atom. The maximum atomic E-state index is 12.7. The molecule has 146 valence electrons. The minimum absolute atomic E-state index is 0.175. The molecule has 0 spiro atoms. The zero-order valence-corrected chi connectivity index (χ0v) is 16.1. The summed E-state index contributed by atoms with van der Waals surface area (Å²) >= 11 is 0. The predicted molar refractivity (Wildman–Crippen MR) is 108 cm³/mol. The minimum Gasteiger partial charge on any atom is -0.340 e. The number of rotatable bonds is 5. The largest absolute Gasteiger partial charge is 0.340 e. The first kappa shape index (κ1) is 18.6. The second-order valence-corrected chi connectivity index (χ2v) is 7.50. The molecule has 0 bridgehead atoms. The van der Waals surface area contributed by atoms with Crippen LogP contribution >= 0.6 is 0 Å². The van der Waals surface area contributed by atoms with Crippen molar-refractivity contribution in [2.45, 2.75) is 25.8 Å². The molecule has 1 aromatic heterocycles. The maximum Gasteiger partial charge on any atom is 0.227 e.